The first-order chi connectivity index (χ1) is 18.3. The van der Waals surface area contributed by atoms with E-state index in [1.807, 2.05) is 0 Å². The molecule has 0 unspecified atom stereocenters. The normalized spacial score (nSPS) is 18.8. The van der Waals surface area contributed by atoms with Crippen LogP contribution in [0.4, 0.5) is 17.2 Å². The maximum absolute atomic E-state index is 13.6. The highest BCUT2D eigenvalue weighted by atomic mass is 32.2. The van der Waals surface area contributed by atoms with Gasteiger partial charge in [0, 0.05) is 18.5 Å². The van der Waals surface area contributed by atoms with Gasteiger partial charge in [0.2, 0.25) is 10.0 Å². The minimum Gasteiger partial charge on any atom is -0.472 e. The Labute approximate surface area is 221 Å². The van der Waals surface area contributed by atoms with Gasteiger partial charge < -0.3 is 24.5 Å². The molecule has 1 aromatic carbocycles. The van der Waals surface area contributed by atoms with Gasteiger partial charge in [-0.25, -0.2) is 8.42 Å². The highest BCUT2D eigenvalue weighted by molar-refractivity contribution is 7.92. The van der Waals surface area contributed by atoms with Gasteiger partial charge in [0.05, 0.1) is 35.6 Å². The molecule has 3 fully saturated rings. The third-order valence-electron chi connectivity index (χ3n) is 7.97. The van der Waals surface area contributed by atoms with Crippen molar-refractivity contribution in [2.24, 2.45) is 5.41 Å². The summed E-state index contributed by atoms with van der Waals surface area (Å²) in [4.78, 5) is 20.3. The lowest BCUT2D eigenvalue weighted by atomic mass is 9.93. The Morgan fingerprint density at radius 2 is 1.95 bits per heavy atom. The number of hydrogen-bond acceptors (Lipinski definition) is 8. The lowest BCUT2D eigenvalue weighted by Gasteiger charge is -2.35. The molecule has 10 nitrogen and oxygen atoms in total. The molecule has 1 amide bonds. The Hall–Kier alpha value is -3.31. The Kier molecular flexibility index (Phi) is 6.43. The number of carbonyl (C=O) groups excluding carboxylic acids is 1. The largest absolute Gasteiger partial charge is 0.472 e. The van der Waals surface area contributed by atoms with Gasteiger partial charge >= 0.3 is 0 Å². The second kappa shape index (κ2) is 9.77. The Morgan fingerprint density at radius 1 is 1.16 bits per heavy atom. The maximum Gasteiger partial charge on any atom is 0.260 e. The van der Waals surface area contributed by atoms with Crippen molar-refractivity contribution in [3.63, 3.8) is 0 Å². The minimum atomic E-state index is -3.70. The third kappa shape index (κ3) is 5.17. The average molecular weight is 541 g/mol. The van der Waals surface area contributed by atoms with Crippen molar-refractivity contribution in [3.05, 3.63) is 42.2 Å². The lowest BCUT2D eigenvalue weighted by Crippen LogP contribution is -2.35. The van der Waals surface area contributed by atoms with Gasteiger partial charge in [-0.2, -0.15) is 4.98 Å². The summed E-state index contributed by atoms with van der Waals surface area (Å²) in [6.45, 7) is 1.12. The number of furan rings is 1. The standard InChI is InChI=1S/C27H32N4O6S/c32-13-15-38(34,35)30-19-4-5-21(22(17-19)31-11-9-27(7-8-27)10-12-31)25(33)28-23-16-18-6-14-36-24(18)26(29-23)37-20-2-1-3-20/h4-6,14,16-17,20,30,32H,1-3,7-13,15H2,(H,28,29,33). The zero-order chi connectivity index (χ0) is 26.3. The van der Waals surface area contributed by atoms with Crippen LogP contribution >= 0.6 is 0 Å². The van der Waals surface area contributed by atoms with Gasteiger partial charge in [-0.15, -0.1) is 0 Å². The molecule has 1 aliphatic heterocycles. The number of fused-ring (bicyclic) bond motifs is 1. The smallest absolute Gasteiger partial charge is 0.260 e. The maximum atomic E-state index is 13.6. The molecule has 38 heavy (non-hydrogen) atoms. The first-order valence-electron chi connectivity index (χ1n) is 13.2. The number of amides is 1. The first-order valence-corrected chi connectivity index (χ1v) is 14.8. The first kappa shape index (κ1) is 25.0. The molecule has 2 aliphatic carbocycles. The summed E-state index contributed by atoms with van der Waals surface area (Å²) in [6, 6.07) is 8.45. The SMILES string of the molecule is O=C(Nc1cc2ccoc2c(OC2CCC2)n1)c1ccc(NS(=O)(=O)CCO)cc1N1CCC2(CC1)CC2. The number of aliphatic hydroxyl groups is 1. The van der Waals surface area contributed by atoms with E-state index in [1.165, 1.54) is 12.8 Å². The van der Waals surface area contributed by atoms with Gasteiger partial charge in [-0.1, -0.05) is 0 Å². The molecular weight excluding hydrogens is 508 g/mol. The number of aromatic nitrogens is 1. The van der Waals surface area contributed by atoms with Crippen molar-refractivity contribution < 1.29 is 27.5 Å². The van der Waals surface area contributed by atoms with Crippen molar-refractivity contribution in [1.29, 1.82) is 0 Å². The van der Waals surface area contributed by atoms with E-state index in [2.05, 4.69) is 19.9 Å². The Balaban J connectivity index is 1.28. The molecule has 0 radical (unpaired) electrons. The highest BCUT2D eigenvalue weighted by Crippen LogP contribution is 2.54. The van der Waals surface area contributed by atoms with Crippen LogP contribution in [0, 0.1) is 5.41 Å². The number of carbonyl (C=O) groups is 1. The molecule has 3 N–H and O–H groups in total. The second-order valence-electron chi connectivity index (χ2n) is 10.6. The van der Waals surface area contributed by atoms with Gasteiger partial charge in [-0.3, -0.25) is 9.52 Å². The number of sulfonamides is 1. The van der Waals surface area contributed by atoms with E-state index < -0.39 is 22.4 Å². The molecule has 3 aromatic rings. The molecule has 202 valence electrons. The molecule has 11 heteroatoms. The van der Waals surface area contributed by atoms with E-state index in [4.69, 9.17) is 14.3 Å². The van der Waals surface area contributed by atoms with Crippen molar-refractivity contribution >= 4 is 44.1 Å². The number of rotatable bonds is 9. The predicted octanol–water partition coefficient (Wildman–Crippen LogP) is 4.13. The number of benzene rings is 1. The van der Waals surface area contributed by atoms with Crippen LogP contribution in [0.5, 0.6) is 5.88 Å². The fourth-order valence-electron chi connectivity index (χ4n) is 5.22. The molecular formula is C27H32N4O6S. The minimum absolute atomic E-state index is 0.101. The van der Waals surface area contributed by atoms with Gasteiger partial charge in [0.1, 0.15) is 11.9 Å². The molecule has 1 spiro atoms. The second-order valence-corrected chi connectivity index (χ2v) is 12.5. The van der Waals surface area contributed by atoms with Crippen LogP contribution in [0.15, 0.2) is 41.0 Å². The number of pyridine rings is 1. The van der Waals surface area contributed by atoms with Crippen molar-refractivity contribution in [1.82, 2.24) is 4.98 Å². The summed E-state index contributed by atoms with van der Waals surface area (Å²) < 4.78 is 38.7. The summed E-state index contributed by atoms with van der Waals surface area (Å²) in [6.07, 6.45) is 9.34. The summed E-state index contributed by atoms with van der Waals surface area (Å²) in [5.41, 5.74) is 2.44. The van der Waals surface area contributed by atoms with Gasteiger partial charge in [0.25, 0.3) is 11.8 Å². The predicted molar refractivity (Wildman–Crippen MR) is 144 cm³/mol. The summed E-state index contributed by atoms with van der Waals surface area (Å²) in [7, 11) is -3.70. The zero-order valence-electron chi connectivity index (χ0n) is 21.1. The number of anilines is 3. The summed E-state index contributed by atoms with van der Waals surface area (Å²) >= 11 is 0. The van der Waals surface area contributed by atoms with Crippen LogP contribution in [0.2, 0.25) is 0 Å². The number of piperidine rings is 1. The number of nitrogens with zero attached hydrogens (tertiary/aromatic N) is 2. The van der Waals surface area contributed by atoms with Crippen LogP contribution < -0.4 is 19.7 Å². The topological polar surface area (TPSA) is 134 Å². The average Bonchev–Trinajstić information content (AvgIpc) is 3.43. The van der Waals surface area contributed by atoms with Crippen LogP contribution in [-0.2, 0) is 10.0 Å². The fraction of sp³-hybridized carbons (Fsp3) is 0.481. The third-order valence-corrected chi connectivity index (χ3v) is 9.24. The Bertz CT molecular complexity index is 1450. The molecule has 6 rings (SSSR count). The van der Waals surface area contributed by atoms with Crippen LogP contribution in [0.1, 0.15) is 55.3 Å². The van der Waals surface area contributed by atoms with Crippen LogP contribution in [-0.4, -0.2) is 56.0 Å². The van der Waals surface area contributed by atoms with Crippen molar-refractivity contribution in [2.75, 3.05) is 40.4 Å². The monoisotopic (exact) mass is 540 g/mol. The van der Waals surface area contributed by atoms with E-state index in [0.29, 0.717) is 39.6 Å². The van der Waals surface area contributed by atoms with Crippen LogP contribution in [0.25, 0.3) is 11.0 Å². The number of aliphatic hydroxyl groups excluding tert-OH is 1. The van der Waals surface area contributed by atoms with E-state index in [-0.39, 0.29) is 12.0 Å². The molecule has 2 aromatic heterocycles. The number of hydrogen-bond donors (Lipinski definition) is 3. The van der Waals surface area contributed by atoms with Crippen molar-refractivity contribution in [2.45, 2.75) is 51.0 Å². The molecule has 0 bridgehead atoms. The molecule has 3 heterocycles. The quantitative estimate of drug-likeness (QED) is 0.369. The van der Waals surface area contributed by atoms with E-state index in [1.54, 1.807) is 36.6 Å². The Morgan fingerprint density at radius 3 is 2.63 bits per heavy atom. The summed E-state index contributed by atoms with van der Waals surface area (Å²) in [5.74, 6) is -0.0226. The highest BCUT2D eigenvalue weighted by Gasteiger charge is 2.44. The molecule has 3 aliphatic rings. The van der Waals surface area contributed by atoms with Crippen molar-refractivity contribution in [3.8, 4) is 5.88 Å². The fourth-order valence-corrected chi connectivity index (χ4v) is 6.05. The van der Waals surface area contributed by atoms with Gasteiger partial charge in [0.15, 0.2) is 5.58 Å². The number of ether oxygens (including phenoxy) is 1. The van der Waals surface area contributed by atoms with E-state index in [9.17, 15) is 13.2 Å². The van der Waals surface area contributed by atoms with Gasteiger partial charge in [-0.05, 0) is 80.7 Å². The molecule has 1 saturated heterocycles. The zero-order valence-corrected chi connectivity index (χ0v) is 21.9. The lowest BCUT2D eigenvalue weighted by molar-refractivity contribution is 0.102. The number of nitrogens with one attached hydrogen (secondary N) is 2. The molecule has 0 atom stereocenters. The van der Waals surface area contributed by atoms with E-state index in [0.717, 1.165) is 50.6 Å². The van der Waals surface area contributed by atoms with Crippen LogP contribution in [0.3, 0.4) is 0 Å². The molecule has 2 saturated carbocycles. The summed E-state index contributed by atoms with van der Waals surface area (Å²) in [5, 5.41) is 12.8. The van der Waals surface area contributed by atoms with E-state index >= 15 is 0 Å².